The predicted molar refractivity (Wildman–Crippen MR) is 147 cm³/mol. The topological polar surface area (TPSA) is 57.7 Å². The number of ether oxygens (including phenoxy) is 1. The molecule has 6 rings (SSSR count). The highest BCUT2D eigenvalue weighted by atomic mass is 79.9. The lowest BCUT2D eigenvalue weighted by atomic mass is 9.89. The van der Waals surface area contributed by atoms with Crippen molar-refractivity contribution in [2.75, 3.05) is 23.3 Å². The summed E-state index contributed by atoms with van der Waals surface area (Å²) in [7, 11) is 0. The first-order valence-corrected chi connectivity index (χ1v) is 13.3. The molecule has 3 aromatic carbocycles. The number of fused-ring (bicyclic) bond motifs is 2. The summed E-state index contributed by atoms with van der Waals surface area (Å²) in [5.74, 6) is -0.532. The van der Waals surface area contributed by atoms with Gasteiger partial charge in [-0.05, 0) is 60.2 Å². The third-order valence-corrected chi connectivity index (χ3v) is 7.85. The number of nitrogens with zero attached hydrogens (tertiary/aromatic N) is 3. The molecule has 1 aromatic heterocycles. The van der Waals surface area contributed by atoms with Crippen molar-refractivity contribution in [3.63, 3.8) is 0 Å². The SMILES string of the molecule is O=C1c2ccc(Br)cc2NC2(CCN(Cc3cccc4ncccc34)CC2)N1c1ccc(OC(F)(F)F)cc1. The molecule has 1 N–H and O–H groups in total. The molecule has 0 radical (unpaired) electrons. The van der Waals surface area contributed by atoms with Crippen LogP contribution < -0.4 is 15.0 Å². The Morgan fingerprint density at radius 1 is 1.00 bits per heavy atom. The number of pyridine rings is 1. The van der Waals surface area contributed by atoms with E-state index < -0.39 is 12.0 Å². The zero-order valence-corrected chi connectivity index (χ0v) is 22.3. The Kier molecular flexibility index (Phi) is 6.47. The van der Waals surface area contributed by atoms with Crippen LogP contribution in [0.1, 0.15) is 28.8 Å². The van der Waals surface area contributed by atoms with Gasteiger partial charge in [-0.25, -0.2) is 0 Å². The highest BCUT2D eigenvalue weighted by molar-refractivity contribution is 9.10. The highest BCUT2D eigenvalue weighted by Gasteiger charge is 2.47. The Morgan fingerprint density at radius 2 is 1.77 bits per heavy atom. The molecular weight excluding hydrogens is 573 g/mol. The second-order valence-electron chi connectivity index (χ2n) is 9.79. The van der Waals surface area contributed by atoms with Crippen molar-refractivity contribution >= 4 is 44.1 Å². The van der Waals surface area contributed by atoms with Crippen molar-refractivity contribution < 1.29 is 22.7 Å². The molecule has 4 aromatic rings. The van der Waals surface area contributed by atoms with E-state index in [1.165, 1.54) is 29.8 Å². The Bertz CT molecular complexity index is 1530. The highest BCUT2D eigenvalue weighted by Crippen LogP contribution is 2.42. The van der Waals surface area contributed by atoms with Crippen LogP contribution in [0, 0.1) is 0 Å². The van der Waals surface area contributed by atoms with Crippen molar-refractivity contribution in [1.82, 2.24) is 9.88 Å². The fourth-order valence-electron chi connectivity index (χ4n) is 5.56. The van der Waals surface area contributed by atoms with E-state index in [-0.39, 0.29) is 11.7 Å². The molecule has 1 saturated heterocycles. The molecule has 0 aliphatic carbocycles. The van der Waals surface area contributed by atoms with E-state index in [1.54, 1.807) is 23.2 Å². The van der Waals surface area contributed by atoms with E-state index in [2.05, 4.69) is 48.0 Å². The van der Waals surface area contributed by atoms with E-state index in [0.29, 0.717) is 37.2 Å². The average Bonchev–Trinajstić information content (AvgIpc) is 2.90. The van der Waals surface area contributed by atoms with Crippen LogP contribution in [0.15, 0.2) is 83.5 Å². The second-order valence-corrected chi connectivity index (χ2v) is 10.7. The molecule has 2 aliphatic heterocycles. The first-order chi connectivity index (χ1) is 18.7. The van der Waals surface area contributed by atoms with Gasteiger partial charge in [-0.2, -0.15) is 0 Å². The van der Waals surface area contributed by atoms with Gasteiger partial charge in [-0.1, -0.05) is 34.1 Å². The second kappa shape index (κ2) is 9.84. The van der Waals surface area contributed by atoms with Crippen molar-refractivity contribution in [2.45, 2.75) is 31.4 Å². The molecule has 10 heteroatoms. The van der Waals surface area contributed by atoms with Crippen LogP contribution in [0.5, 0.6) is 5.75 Å². The molecule has 0 unspecified atom stereocenters. The fraction of sp³-hybridized carbons (Fsp3) is 0.241. The molecule has 0 saturated carbocycles. The normalized spacial score (nSPS) is 17.2. The standard InChI is InChI=1S/C29H24BrF3N4O2/c30-20-6-11-24-26(17-20)35-28(37(27(24)38)21-7-9-22(10-8-21)39-29(31,32)33)12-15-36(16-13-28)18-19-3-1-5-25-23(19)4-2-14-34-25/h1-11,14,17,35H,12-13,15-16,18H2. The average molecular weight is 597 g/mol. The maximum absolute atomic E-state index is 13.9. The lowest BCUT2D eigenvalue weighted by Crippen LogP contribution is -2.64. The van der Waals surface area contributed by atoms with Crippen molar-refractivity contribution in [3.05, 3.63) is 94.6 Å². The number of piperidine rings is 1. The Morgan fingerprint density at radius 3 is 2.51 bits per heavy atom. The number of amides is 1. The van der Waals surface area contributed by atoms with E-state index in [0.717, 1.165) is 27.6 Å². The van der Waals surface area contributed by atoms with Crippen LogP contribution >= 0.6 is 15.9 Å². The molecule has 0 bridgehead atoms. The van der Waals surface area contributed by atoms with Gasteiger partial charge in [-0.3, -0.25) is 19.6 Å². The number of carbonyl (C=O) groups is 1. The number of halogens is 4. The monoisotopic (exact) mass is 596 g/mol. The summed E-state index contributed by atoms with van der Waals surface area (Å²) in [6.07, 6.45) is -1.76. The van der Waals surface area contributed by atoms with Gasteiger partial charge in [0.25, 0.3) is 5.91 Å². The van der Waals surface area contributed by atoms with Crippen LogP contribution in [-0.4, -0.2) is 40.9 Å². The maximum atomic E-state index is 13.9. The van der Waals surface area contributed by atoms with Gasteiger partial charge in [-0.15, -0.1) is 13.2 Å². The van der Waals surface area contributed by atoms with Crippen LogP contribution in [0.3, 0.4) is 0 Å². The molecule has 0 atom stereocenters. The van der Waals surface area contributed by atoms with E-state index in [9.17, 15) is 18.0 Å². The number of benzene rings is 3. The summed E-state index contributed by atoms with van der Waals surface area (Å²) < 4.78 is 43.0. The molecule has 1 fully saturated rings. The third-order valence-electron chi connectivity index (χ3n) is 7.35. The van der Waals surface area contributed by atoms with Gasteiger partial charge in [0.1, 0.15) is 11.4 Å². The number of rotatable bonds is 4. The minimum absolute atomic E-state index is 0.200. The summed E-state index contributed by atoms with van der Waals surface area (Å²) in [4.78, 5) is 22.4. The molecule has 6 nitrogen and oxygen atoms in total. The number of carbonyl (C=O) groups excluding carboxylic acids is 1. The van der Waals surface area contributed by atoms with Gasteiger partial charge in [0.05, 0.1) is 11.1 Å². The molecule has 1 spiro atoms. The number of likely N-dealkylation sites (tertiary alicyclic amines) is 1. The smallest absolute Gasteiger partial charge is 0.406 e. The lowest BCUT2D eigenvalue weighted by Gasteiger charge is -2.52. The first kappa shape index (κ1) is 25.6. The van der Waals surface area contributed by atoms with Crippen molar-refractivity contribution in [1.29, 1.82) is 0 Å². The minimum Gasteiger partial charge on any atom is -0.406 e. The van der Waals surface area contributed by atoms with Gasteiger partial charge in [0.15, 0.2) is 0 Å². The molecular formula is C29H24BrF3N4O2. The molecule has 3 heterocycles. The van der Waals surface area contributed by atoms with Crippen LogP contribution in [0.2, 0.25) is 0 Å². The lowest BCUT2D eigenvalue weighted by molar-refractivity contribution is -0.274. The van der Waals surface area contributed by atoms with E-state index >= 15 is 0 Å². The molecule has 39 heavy (non-hydrogen) atoms. The Hall–Kier alpha value is -3.63. The molecule has 200 valence electrons. The van der Waals surface area contributed by atoms with Crippen LogP contribution in [0.4, 0.5) is 24.5 Å². The van der Waals surface area contributed by atoms with Crippen LogP contribution in [-0.2, 0) is 6.54 Å². The van der Waals surface area contributed by atoms with E-state index in [1.807, 2.05) is 24.3 Å². The van der Waals surface area contributed by atoms with Crippen LogP contribution in [0.25, 0.3) is 10.9 Å². The number of hydrogen-bond donors (Lipinski definition) is 1. The van der Waals surface area contributed by atoms with Gasteiger partial charge in [0.2, 0.25) is 0 Å². The largest absolute Gasteiger partial charge is 0.573 e. The first-order valence-electron chi connectivity index (χ1n) is 12.5. The van der Waals surface area contributed by atoms with Gasteiger partial charge in [0, 0.05) is 59.9 Å². The number of nitrogens with one attached hydrogen (secondary N) is 1. The zero-order chi connectivity index (χ0) is 27.2. The summed E-state index contributed by atoms with van der Waals surface area (Å²) in [5.41, 5.74) is 3.14. The summed E-state index contributed by atoms with van der Waals surface area (Å²) in [5, 5.41) is 4.74. The quantitative estimate of drug-likeness (QED) is 0.276. The van der Waals surface area contributed by atoms with E-state index in [4.69, 9.17) is 0 Å². The van der Waals surface area contributed by atoms with Gasteiger partial charge >= 0.3 is 6.36 Å². The van der Waals surface area contributed by atoms with Crippen molar-refractivity contribution in [3.8, 4) is 5.75 Å². The maximum Gasteiger partial charge on any atom is 0.573 e. The van der Waals surface area contributed by atoms with Crippen molar-refractivity contribution in [2.24, 2.45) is 0 Å². The molecule has 2 aliphatic rings. The number of hydrogen-bond acceptors (Lipinski definition) is 5. The Labute approximate surface area is 231 Å². The predicted octanol–water partition coefficient (Wildman–Crippen LogP) is 6.96. The summed E-state index contributed by atoms with van der Waals surface area (Å²) in [6, 6.07) is 21.1. The number of anilines is 2. The van der Waals surface area contributed by atoms with Gasteiger partial charge < -0.3 is 10.1 Å². The minimum atomic E-state index is -4.79. The number of aromatic nitrogens is 1. The summed E-state index contributed by atoms with van der Waals surface area (Å²) in [6.45, 7) is 2.18. The Balaban J connectivity index is 1.30. The molecule has 1 amide bonds. The number of alkyl halides is 3. The summed E-state index contributed by atoms with van der Waals surface area (Å²) >= 11 is 3.50. The zero-order valence-electron chi connectivity index (χ0n) is 20.7. The third kappa shape index (κ3) is 5.06. The fourth-order valence-corrected chi connectivity index (χ4v) is 5.93.